The Morgan fingerprint density at radius 1 is 0.821 bits per heavy atom. The normalized spacial score (nSPS) is 35.4. The largest absolute Gasteiger partial charge is 0.458 e. The second-order valence-electron chi connectivity index (χ2n) is 13.3. The molecule has 0 radical (unpaired) electrons. The van der Waals surface area contributed by atoms with Crippen LogP contribution in [0.5, 0.6) is 0 Å². The molecule has 3 heteroatoms. The summed E-state index contributed by atoms with van der Waals surface area (Å²) < 4.78 is 6.45. The van der Waals surface area contributed by atoms with Crippen molar-refractivity contribution in [3.63, 3.8) is 0 Å². The summed E-state index contributed by atoms with van der Waals surface area (Å²) in [5, 5.41) is 0. The fourth-order valence-corrected chi connectivity index (χ4v) is 6.50. The number of carbonyl (C=O) groups excluding carboxylic acids is 1. The van der Waals surface area contributed by atoms with E-state index in [1.165, 1.54) is 38.8 Å². The van der Waals surface area contributed by atoms with Gasteiger partial charge in [-0.05, 0) is 81.5 Å². The molecule has 0 amide bonds. The Labute approximate surface area is 174 Å². The molecular formula is C25H45NO2. The maximum Gasteiger partial charge on any atom is 0.312 e. The van der Waals surface area contributed by atoms with E-state index in [1.54, 1.807) is 0 Å². The number of hydrogen-bond acceptors (Lipinski definition) is 3. The molecule has 0 spiro atoms. The van der Waals surface area contributed by atoms with Gasteiger partial charge in [-0.3, -0.25) is 9.69 Å². The van der Waals surface area contributed by atoms with Gasteiger partial charge in [0.1, 0.15) is 5.60 Å². The molecule has 0 N–H and O–H groups in total. The molecule has 4 unspecified atom stereocenters. The number of hydrogen-bond donors (Lipinski definition) is 0. The summed E-state index contributed by atoms with van der Waals surface area (Å²) in [5.41, 5.74) is -1.01. The van der Waals surface area contributed by atoms with Crippen LogP contribution in [0.15, 0.2) is 0 Å². The van der Waals surface area contributed by atoms with Gasteiger partial charge in [0, 0.05) is 19.1 Å². The molecule has 3 aliphatic heterocycles. The lowest BCUT2D eigenvalue weighted by atomic mass is 9.61. The number of fused-ring (bicyclic) bond motifs is 1. The molecule has 4 atom stereocenters. The highest BCUT2D eigenvalue weighted by Gasteiger charge is 2.52. The lowest BCUT2D eigenvalue weighted by Gasteiger charge is -2.48. The number of esters is 1. The van der Waals surface area contributed by atoms with Crippen molar-refractivity contribution < 1.29 is 9.53 Å². The lowest BCUT2D eigenvalue weighted by Crippen LogP contribution is -2.56. The standard InChI is InChI=1S/C25H45NO2/c1-22(2,3)16-25(9,23(4,5)6)21(27)28-24(7,8)20-13-17-10-18-12-19(11-17)15-26(20)14-18/h17-20H,10-16H2,1-9H3. The molecule has 3 saturated heterocycles. The van der Waals surface area contributed by atoms with Crippen LogP contribution in [0.25, 0.3) is 0 Å². The molecule has 162 valence electrons. The molecule has 4 fully saturated rings. The van der Waals surface area contributed by atoms with Gasteiger partial charge in [-0.15, -0.1) is 0 Å². The number of ether oxygens (including phenoxy) is 1. The smallest absolute Gasteiger partial charge is 0.312 e. The molecule has 4 bridgehead atoms. The molecule has 0 aromatic heterocycles. The molecule has 4 rings (SSSR count). The van der Waals surface area contributed by atoms with Gasteiger partial charge >= 0.3 is 5.97 Å². The molecular weight excluding hydrogens is 346 g/mol. The first-order chi connectivity index (χ1) is 12.6. The van der Waals surface area contributed by atoms with Crippen molar-refractivity contribution in [3.8, 4) is 0 Å². The van der Waals surface area contributed by atoms with Gasteiger partial charge in [-0.25, -0.2) is 0 Å². The van der Waals surface area contributed by atoms with Gasteiger partial charge in [-0.1, -0.05) is 41.5 Å². The Morgan fingerprint density at radius 2 is 1.32 bits per heavy atom. The molecule has 3 heterocycles. The summed E-state index contributed by atoms with van der Waals surface area (Å²) in [4.78, 5) is 16.3. The molecule has 1 saturated carbocycles. The van der Waals surface area contributed by atoms with Crippen LogP contribution in [0.1, 0.15) is 94.4 Å². The van der Waals surface area contributed by atoms with Crippen molar-refractivity contribution >= 4 is 5.97 Å². The first-order valence-electron chi connectivity index (χ1n) is 11.6. The average molecular weight is 392 g/mol. The summed E-state index contributed by atoms with van der Waals surface area (Å²) in [6.07, 6.45) is 6.22. The zero-order chi connectivity index (χ0) is 21.1. The monoisotopic (exact) mass is 391 g/mol. The SMILES string of the molecule is CC(C)(C)CC(C)(C(=O)OC(C)(C)C1CC2CC3CC(C2)CN1C3)C(C)(C)C. The predicted octanol–water partition coefficient (Wildman–Crippen LogP) is 5.92. The van der Waals surface area contributed by atoms with Crippen molar-refractivity contribution in [2.45, 2.75) is 106 Å². The van der Waals surface area contributed by atoms with E-state index in [2.05, 4.69) is 67.2 Å². The minimum absolute atomic E-state index is 0.00919. The van der Waals surface area contributed by atoms with Crippen molar-refractivity contribution in [2.75, 3.05) is 13.1 Å². The lowest BCUT2D eigenvalue weighted by molar-refractivity contribution is -0.185. The van der Waals surface area contributed by atoms with E-state index in [4.69, 9.17) is 4.74 Å². The molecule has 4 aliphatic rings. The minimum atomic E-state index is -0.500. The second kappa shape index (κ2) is 7.00. The first-order valence-corrected chi connectivity index (χ1v) is 11.6. The van der Waals surface area contributed by atoms with Crippen LogP contribution in [0.4, 0.5) is 0 Å². The highest BCUT2D eigenvalue weighted by atomic mass is 16.6. The summed E-state index contributed by atoms with van der Waals surface area (Å²) in [6, 6.07) is 0.357. The number of rotatable bonds is 4. The van der Waals surface area contributed by atoms with Crippen LogP contribution >= 0.6 is 0 Å². The number of carbonyl (C=O) groups is 1. The molecule has 0 aromatic carbocycles. The Kier molecular flexibility index (Phi) is 5.53. The fraction of sp³-hybridized carbons (Fsp3) is 0.960. The van der Waals surface area contributed by atoms with E-state index >= 15 is 0 Å². The highest BCUT2D eigenvalue weighted by Crippen LogP contribution is 2.50. The first kappa shape index (κ1) is 22.1. The summed E-state index contributed by atoms with van der Waals surface area (Å²) in [6.45, 7) is 22.1. The van der Waals surface area contributed by atoms with Crippen LogP contribution in [0, 0.1) is 34.0 Å². The van der Waals surface area contributed by atoms with Gasteiger partial charge < -0.3 is 4.74 Å². The summed E-state index contributed by atoms with van der Waals surface area (Å²) >= 11 is 0. The van der Waals surface area contributed by atoms with Gasteiger partial charge in [0.05, 0.1) is 5.41 Å². The maximum atomic E-state index is 13.7. The average Bonchev–Trinajstić information content (AvgIpc) is 2.68. The van der Waals surface area contributed by atoms with Crippen molar-refractivity contribution in [3.05, 3.63) is 0 Å². The quantitative estimate of drug-likeness (QED) is 0.557. The predicted molar refractivity (Wildman–Crippen MR) is 116 cm³/mol. The van der Waals surface area contributed by atoms with Crippen LogP contribution < -0.4 is 0 Å². The van der Waals surface area contributed by atoms with Gasteiger partial charge in [0.25, 0.3) is 0 Å². The Bertz CT molecular complexity index is 583. The van der Waals surface area contributed by atoms with Crippen LogP contribution in [-0.4, -0.2) is 35.6 Å². The van der Waals surface area contributed by atoms with E-state index in [0.717, 1.165) is 24.2 Å². The Morgan fingerprint density at radius 3 is 1.79 bits per heavy atom. The fourth-order valence-electron chi connectivity index (χ4n) is 6.50. The number of nitrogens with zero attached hydrogens (tertiary/aromatic N) is 1. The second-order valence-corrected chi connectivity index (χ2v) is 13.3. The van der Waals surface area contributed by atoms with Crippen molar-refractivity contribution in [1.29, 1.82) is 0 Å². The zero-order valence-corrected chi connectivity index (χ0v) is 20.0. The topological polar surface area (TPSA) is 29.5 Å². The van der Waals surface area contributed by atoms with E-state index < -0.39 is 11.0 Å². The zero-order valence-electron chi connectivity index (χ0n) is 20.0. The molecule has 0 aromatic rings. The van der Waals surface area contributed by atoms with Gasteiger partial charge in [0.2, 0.25) is 0 Å². The Hall–Kier alpha value is -0.570. The van der Waals surface area contributed by atoms with E-state index in [9.17, 15) is 4.79 Å². The minimum Gasteiger partial charge on any atom is -0.458 e. The Balaban J connectivity index is 1.81. The van der Waals surface area contributed by atoms with Crippen LogP contribution in [-0.2, 0) is 9.53 Å². The third-order valence-corrected chi connectivity index (χ3v) is 8.13. The van der Waals surface area contributed by atoms with Crippen molar-refractivity contribution in [1.82, 2.24) is 4.90 Å². The molecule has 1 aliphatic carbocycles. The van der Waals surface area contributed by atoms with Crippen molar-refractivity contribution in [2.24, 2.45) is 34.0 Å². The molecule has 3 nitrogen and oxygen atoms in total. The third kappa shape index (κ3) is 4.30. The number of piperidine rings is 1. The van der Waals surface area contributed by atoms with Crippen LogP contribution in [0.3, 0.4) is 0 Å². The van der Waals surface area contributed by atoms with Gasteiger partial charge in [-0.2, -0.15) is 0 Å². The van der Waals surface area contributed by atoms with E-state index in [0.29, 0.717) is 6.04 Å². The van der Waals surface area contributed by atoms with E-state index in [1.807, 2.05) is 0 Å². The van der Waals surface area contributed by atoms with E-state index in [-0.39, 0.29) is 16.8 Å². The molecule has 28 heavy (non-hydrogen) atoms. The summed E-state index contributed by atoms with van der Waals surface area (Å²) in [5.74, 6) is 2.55. The van der Waals surface area contributed by atoms with Crippen LogP contribution in [0.2, 0.25) is 0 Å². The third-order valence-electron chi connectivity index (χ3n) is 8.13. The summed E-state index contributed by atoms with van der Waals surface area (Å²) in [7, 11) is 0. The maximum absolute atomic E-state index is 13.7. The van der Waals surface area contributed by atoms with Gasteiger partial charge in [0.15, 0.2) is 0 Å². The highest BCUT2D eigenvalue weighted by molar-refractivity contribution is 5.78.